The predicted molar refractivity (Wildman–Crippen MR) is 83.0 cm³/mol. The predicted octanol–water partition coefficient (Wildman–Crippen LogP) is 2.26. The van der Waals surface area contributed by atoms with Crippen LogP contribution < -0.4 is 4.74 Å². The SMILES string of the molecule is CCCCOc1ccc(S(=O)(=O)N(C)CCCCO)cc1. The maximum atomic E-state index is 12.3. The molecule has 0 aliphatic heterocycles. The van der Waals surface area contributed by atoms with E-state index >= 15 is 0 Å². The van der Waals surface area contributed by atoms with Gasteiger partial charge < -0.3 is 9.84 Å². The minimum absolute atomic E-state index is 0.0810. The Hall–Kier alpha value is -1.11. The van der Waals surface area contributed by atoms with E-state index in [0.717, 1.165) is 12.8 Å². The van der Waals surface area contributed by atoms with E-state index in [1.54, 1.807) is 31.3 Å². The van der Waals surface area contributed by atoms with E-state index in [0.29, 0.717) is 31.7 Å². The van der Waals surface area contributed by atoms with Gasteiger partial charge in [-0.1, -0.05) is 13.3 Å². The Labute approximate surface area is 127 Å². The fourth-order valence-electron chi connectivity index (χ4n) is 1.79. The topological polar surface area (TPSA) is 66.8 Å². The van der Waals surface area contributed by atoms with Crippen molar-refractivity contribution in [3.05, 3.63) is 24.3 Å². The highest BCUT2D eigenvalue weighted by molar-refractivity contribution is 7.89. The summed E-state index contributed by atoms with van der Waals surface area (Å²) in [5.41, 5.74) is 0. The van der Waals surface area contributed by atoms with Crippen molar-refractivity contribution in [2.24, 2.45) is 0 Å². The maximum Gasteiger partial charge on any atom is 0.242 e. The molecule has 21 heavy (non-hydrogen) atoms. The molecule has 1 N–H and O–H groups in total. The van der Waals surface area contributed by atoms with Crippen molar-refractivity contribution in [1.29, 1.82) is 0 Å². The second-order valence-electron chi connectivity index (χ2n) is 4.93. The van der Waals surface area contributed by atoms with Crippen LogP contribution in [0.5, 0.6) is 5.75 Å². The van der Waals surface area contributed by atoms with Crippen molar-refractivity contribution in [3.63, 3.8) is 0 Å². The summed E-state index contributed by atoms with van der Waals surface area (Å²) < 4.78 is 31.5. The van der Waals surface area contributed by atoms with Gasteiger partial charge in [-0.05, 0) is 43.5 Å². The van der Waals surface area contributed by atoms with Crippen LogP contribution in [0.3, 0.4) is 0 Å². The van der Waals surface area contributed by atoms with Crippen LogP contribution in [0.4, 0.5) is 0 Å². The minimum atomic E-state index is -3.47. The van der Waals surface area contributed by atoms with Crippen molar-refractivity contribution in [3.8, 4) is 5.75 Å². The highest BCUT2D eigenvalue weighted by Crippen LogP contribution is 2.19. The van der Waals surface area contributed by atoms with Gasteiger partial charge in [-0.15, -0.1) is 0 Å². The molecule has 0 saturated carbocycles. The van der Waals surface area contributed by atoms with E-state index in [1.807, 2.05) is 0 Å². The van der Waals surface area contributed by atoms with Crippen LogP contribution in [0.2, 0.25) is 0 Å². The van der Waals surface area contributed by atoms with Crippen molar-refractivity contribution < 1.29 is 18.3 Å². The molecule has 5 nitrogen and oxygen atoms in total. The highest BCUT2D eigenvalue weighted by atomic mass is 32.2. The van der Waals surface area contributed by atoms with Gasteiger partial charge in [-0.2, -0.15) is 0 Å². The molecule has 0 saturated heterocycles. The van der Waals surface area contributed by atoms with Crippen LogP contribution in [-0.2, 0) is 10.0 Å². The molecule has 0 radical (unpaired) electrons. The van der Waals surface area contributed by atoms with Crippen LogP contribution in [0, 0.1) is 0 Å². The summed E-state index contributed by atoms with van der Waals surface area (Å²) in [6.45, 7) is 3.21. The van der Waals surface area contributed by atoms with Crippen LogP contribution in [-0.4, -0.2) is 44.6 Å². The molecular weight excluding hydrogens is 290 g/mol. The molecule has 0 unspecified atom stereocenters. The largest absolute Gasteiger partial charge is 0.494 e. The number of sulfonamides is 1. The third-order valence-electron chi connectivity index (χ3n) is 3.18. The third-order valence-corrected chi connectivity index (χ3v) is 5.05. The fraction of sp³-hybridized carbons (Fsp3) is 0.600. The Bertz CT molecular complexity index is 499. The van der Waals surface area contributed by atoms with E-state index in [4.69, 9.17) is 9.84 Å². The third kappa shape index (κ3) is 5.65. The number of hydrogen-bond acceptors (Lipinski definition) is 4. The Morgan fingerprint density at radius 1 is 1.14 bits per heavy atom. The van der Waals surface area contributed by atoms with Gasteiger partial charge in [0.1, 0.15) is 5.75 Å². The van der Waals surface area contributed by atoms with E-state index in [1.165, 1.54) is 4.31 Å². The molecule has 0 amide bonds. The second kappa shape index (κ2) is 9.02. The molecule has 120 valence electrons. The number of benzene rings is 1. The molecule has 0 heterocycles. The van der Waals surface area contributed by atoms with Gasteiger partial charge in [0.2, 0.25) is 10.0 Å². The first kappa shape index (κ1) is 17.9. The number of aliphatic hydroxyl groups is 1. The Morgan fingerprint density at radius 3 is 2.38 bits per heavy atom. The van der Waals surface area contributed by atoms with Gasteiger partial charge in [-0.25, -0.2) is 12.7 Å². The number of ether oxygens (including phenoxy) is 1. The van der Waals surface area contributed by atoms with Gasteiger partial charge >= 0.3 is 0 Å². The lowest BCUT2D eigenvalue weighted by atomic mass is 10.3. The molecule has 6 heteroatoms. The zero-order chi connectivity index (χ0) is 15.7. The average molecular weight is 315 g/mol. The molecule has 1 rings (SSSR count). The van der Waals surface area contributed by atoms with E-state index in [-0.39, 0.29) is 11.5 Å². The fourth-order valence-corrected chi connectivity index (χ4v) is 3.00. The maximum absolute atomic E-state index is 12.3. The van der Waals surface area contributed by atoms with Crippen molar-refractivity contribution >= 4 is 10.0 Å². The first-order valence-electron chi connectivity index (χ1n) is 7.32. The van der Waals surface area contributed by atoms with Crippen LogP contribution >= 0.6 is 0 Å². The Kier molecular flexibility index (Phi) is 7.71. The van der Waals surface area contributed by atoms with Crippen LogP contribution in [0.25, 0.3) is 0 Å². The number of hydrogen-bond donors (Lipinski definition) is 1. The summed E-state index contributed by atoms with van der Waals surface area (Å²) >= 11 is 0. The monoisotopic (exact) mass is 315 g/mol. The quantitative estimate of drug-likeness (QED) is 0.673. The first-order chi connectivity index (χ1) is 10.0. The van der Waals surface area contributed by atoms with Gasteiger partial charge in [0.25, 0.3) is 0 Å². The molecule has 1 aromatic carbocycles. The molecule has 0 aliphatic carbocycles. The van der Waals surface area contributed by atoms with E-state index in [2.05, 4.69) is 6.92 Å². The normalized spacial score (nSPS) is 11.8. The van der Waals surface area contributed by atoms with E-state index in [9.17, 15) is 8.42 Å². The standard InChI is InChI=1S/C15H25NO4S/c1-3-4-13-20-14-7-9-15(10-8-14)21(18,19)16(2)11-5-6-12-17/h7-10,17H,3-6,11-13H2,1-2H3. The summed E-state index contributed by atoms with van der Waals surface area (Å²) in [7, 11) is -1.91. The van der Waals surface area contributed by atoms with Crippen molar-refractivity contribution in [1.82, 2.24) is 4.31 Å². The highest BCUT2D eigenvalue weighted by Gasteiger charge is 2.20. The molecule has 0 aromatic heterocycles. The second-order valence-corrected chi connectivity index (χ2v) is 6.98. The number of aliphatic hydroxyl groups excluding tert-OH is 1. The van der Waals surface area contributed by atoms with Gasteiger partial charge in [-0.3, -0.25) is 0 Å². The van der Waals surface area contributed by atoms with Gasteiger partial charge in [0.05, 0.1) is 11.5 Å². The van der Waals surface area contributed by atoms with E-state index < -0.39 is 10.0 Å². The Morgan fingerprint density at radius 2 is 1.81 bits per heavy atom. The lowest BCUT2D eigenvalue weighted by Gasteiger charge is -2.17. The zero-order valence-corrected chi connectivity index (χ0v) is 13.6. The summed E-state index contributed by atoms with van der Waals surface area (Å²) in [6.07, 6.45) is 3.28. The number of rotatable bonds is 10. The molecule has 0 fully saturated rings. The molecule has 0 spiro atoms. The molecule has 1 aromatic rings. The number of unbranched alkanes of at least 4 members (excludes halogenated alkanes) is 2. The molecule has 0 atom stereocenters. The average Bonchev–Trinajstić information content (AvgIpc) is 2.48. The first-order valence-corrected chi connectivity index (χ1v) is 8.76. The van der Waals surface area contributed by atoms with Crippen molar-refractivity contribution in [2.45, 2.75) is 37.5 Å². The molecular formula is C15H25NO4S. The Balaban J connectivity index is 2.66. The van der Waals surface area contributed by atoms with Crippen molar-refractivity contribution in [2.75, 3.05) is 26.8 Å². The summed E-state index contributed by atoms with van der Waals surface area (Å²) in [5.74, 6) is 0.685. The number of nitrogens with zero attached hydrogens (tertiary/aromatic N) is 1. The van der Waals surface area contributed by atoms with Gasteiger partial charge in [0.15, 0.2) is 0 Å². The summed E-state index contributed by atoms with van der Waals surface area (Å²) in [6, 6.07) is 6.51. The van der Waals surface area contributed by atoms with Gasteiger partial charge in [0, 0.05) is 20.2 Å². The zero-order valence-electron chi connectivity index (χ0n) is 12.8. The summed E-state index contributed by atoms with van der Waals surface area (Å²) in [4.78, 5) is 0.261. The smallest absolute Gasteiger partial charge is 0.242 e. The van der Waals surface area contributed by atoms with Crippen LogP contribution in [0.15, 0.2) is 29.2 Å². The van der Waals surface area contributed by atoms with Crippen LogP contribution in [0.1, 0.15) is 32.6 Å². The lowest BCUT2D eigenvalue weighted by molar-refractivity contribution is 0.279. The minimum Gasteiger partial charge on any atom is -0.494 e. The summed E-state index contributed by atoms with van der Waals surface area (Å²) in [5, 5.41) is 8.74. The molecule has 0 aliphatic rings. The lowest BCUT2D eigenvalue weighted by Crippen LogP contribution is -2.28. The molecule has 0 bridgehead atoms.